The molecule has 0 spiro atoms. The number of hydrogen-bond acceptors (Lipinski definition) is 2. The molecule has 0 aromatic rings. The summed E-state index contributed by atoms with van der Waals surface area (Å²) >= 11 is 0. The zero-order valence-electron chi connectivity index (χ0n) is 11.0. The van der Waals surface area contributed by atoms with Crippen LogP contribution in [0.5, 0.6) is 0 Å². The van der Waals surface area contributed by atoms with Crippen LogP contribution in [0.4, 0.5) is 0 Å². The van der Waals surface area contributed by atoms with Gasteiger partial charge in [0.2, 0.25) is 0 Å². The van der Waals surface area contributed by atoms with E-state index in [0.29, 0.717) is 5.82 Å². The molecule has 4 fully saturated rings. The highest BCUT2D eigenvalue weighted by Crippen LogP contribution is 2.55. The average Bonchev–Trinajstić information content (AvgIpc) is 2.35. The van der Waals surface area contributed by atoms with Crippen LogP contribution < -0.4 is 0 Å². The van der Waals surface area contributed by atoms with Gasteiger partial charge in [0.05, 0.1) is 11.2 Å². The molecule has 1 unspecified atom stereocenters. The van der Waals surface area contributed by atoms with Crippen molar-refractivity contribution in [2.24, 2.45) is 11.8 Å². The summed E-state index contributed by atoms with van der Waals surface area (Å²) in [5.74, 6) is 2.57. The van der Waals surface area contributed by atoms with Crippen molar-refractivity contribution in [3.63, 3.8) is 0 Å². The first kappa shape index (κ1) is 11.1. The summed E-state index contributed by atoms with van der Waals surface area (Å²) in [6, 6.07) is 0. The lowest BCUT2D eigenvalue weighted by molar-refractivity contribution is 0.00578. The van der Waals surface area contributed by atoms with Crippen LogP contribution in [0.2, 0.25) is 5.82 Å². The van der Waals surface area contributed by atoms with Gasteiger partial charge in [0.25, 0.3) is 0 Å². The molecule has 4 aliphatic rings. The van der Waals surface area contributed by atoms with Crippen LogP contribution in [0.15, 0.2) is 0 Å². The number of fused-ring (bicyclic) bond motifs is 2. The van der Waals surface area contributed by atoms with Gasteiger partial charge in [0, 0.05) is 0 Å². The molecule has 3 heteroatoms. The second-order valence-corrected chi connectivity index (χ2v) is 6.96. The van der Waals surface area contributed by atoms with Crippen molar-refractivity contribution < 1.29 is 9.31 Å². The lowest BCUT2D eigenvalue weighted by Gasteiger charge is -2.47. The number of hydrogen-bond donors (Lipinski definition) is 0. The first-order chi connectivity index (χ1) is 7.39. The molecule has 2 nitrogen and oxygen atoms in total. The highest BCUT2D eigenvalue weighted by Gasteiger charge is 2.57. The van der Waals surface area contributed by atoms with E-state index in [9.17, 15) is 0 Å². The maximum atomic E-state index is 6.18. The zero-order valence-corrected chi connectivity index (χ0v) is 11.0. The van der Waals surface area contributed by atoms with Crippen LogP contribution in [-0.2, 0) is 9.31 Å². The summed E-state index contributed by atoms with van der Waals surface area (Å²) in [7, 11) is 0.0521. The third-order valence-corrected chi connectivity index (χ3v) is 5.41. The Morgan fingerprint density at radius 2 is 1.50 bits per heavy atom. The van der Waals surface area contributed by atoms with Gasteiger partial charge in [-0.3, -0.25) is 0 Å². The average molecular weight is 222 g/mol. The first-order valence-corrected chi connectivity index (χ1v) is 6.75. The van der Waals surface area contributed by atoms with Gasteiger partial charge in [-0.25, -0.2) is 0 Å². The van der Waals surface area contributed by atoms with Gasteiger partial charge >= 0.3 is 7.12 Å². The van der Waals surface area contributed by atoms with E-state index in [2.05, 4.69) is 27.7 Å². The molecule has 0 aromatic carbocycles. The molecule has 90 valence electrons. The second-order valence-electron chi connectivity index (χ2n) is 6.96. The third-order valence-electron chi connectivity index (χ3n) is 5.41. The van der Waals surface area contributed by atoms with Crippen LogP contribution >= 0.6 is 0 Å². The molecule has 0 aromatic heterocycles. The van der Waals surface area contributed by atoms with E-state index in [1.807, 2.05) is 0 Å². The smallest absolute Gasteiger partial charge is 0.403 e. The molecule has 16 heavy (non-hydrogen) atoms. The van der Waals surface area contributed by atoms with Crippen LogP contribution in [0.25, 0.3) is 0 Å². The summed E-state index contributed by atoms with van der Waals surface area (Å²) in [6.45, 7) is 8.61. The Balaban J connectivity index is 1.73. The molecule has 1 atom stereocenters. The summed E-state index contributed by atoms with van der Waals surface area (Å²) in [5, 5.41) is 0. The van der Waals surface area contributed by atoms with E-state index in [0.717, 1.165) is 11.8 Å². The van der Waals surface area contributed by atoms with E-state index in [1.165, 1.54) is 25.7 Å². The van der Waals surface area contributed by atoms with Gasteiger partial charge in [-0.15, -0.1) is 0 Å². The molecule has 3 saturated carbocycles. The zero-order chi connectivity index (χ0) is 11.6. The van der Waals surface area contributed by atoms with Gasteiger partial charge in [0.1, 0.15) is 0 Å². The molecule has 1 heterocycles. The van der Waals surface area contributed by atoms with E-state index >= 15 is 0 Å². The molecule has 1 saturated heterocycles. The first-order valence-electron chi connectivity index (χ1n) is 6.75. The fourth-order valence-corrected chi connectivity index (χ4v) is 3.46. The predicted molar refractivity (Wildman–Crippen MR) is 65.3 cm³/mol. The molecular formula is C13H23BO2. The van der Waals surface area contributed by atoms with Crippen molar-refractivity contribution in [2.75, 3.05) is 0 Å². The maximum absolute atomic E-state index is 6.18. The van der Waals surface area contributed by atoms with E-state index in [1.54, 1.807) is 0 Å². The molecular weight excluding hydrogens is 199 g/mol. The Hall–Kier alpha value is -0.0151. The molecule has 0 amide bonds. The Kier molecular flexibility index (Phi) is 2.26. The molecule has 2 bridgehead atoms. The summed E-state index contributed by atoms with van der Waals surface area (Å²) in [5.41, 5.74) is -0.309. The lowest BCUT2D eigenvalue weighted by Crippen LogP contribution is -2.41. The minimum Gasteiger partial charge on any atom is -0.403 e. The minimum absolute atomic E-state index is 0.0521. The molecule has 3 aliphatic carbocycles. The van der Waals surface area contributed by atoms with E-state index in [-0.39, 0.29) is 18.3 Å². The molecule has 1 aliphatic heterocycles. The van der Waals surface area contributed by atoms with Crippen molar-refractivity contribution in [3.8, 4) is 0 Å². The van der Waals surface area contributed by atoms with Crippen LogP contribution in [0.1, 0.15) is 53.4 Å². The van der Waals surface area contributed by atoms with Gasteiger partial charge in [-0.05, 0) is 58.2 Å². The Morgan fingerprint density at radius 3 is 1.94 bits per heavy atom. The third kappa shape index (κ3) is 1.47. The van der Waals surface area contributed by atoms with Crippen LogP contribution in [-0.4, -0.2) is 18.3 Å². The highest BCUT2D eigenvalue weighted by atomic mass is 16.7. The lowest BCUT2D eigenvalue weighted by atomic mass is 9.49. The Morgan fingerprint density at radius 1 is 0.938 bits per heavy atom. The summed E-state index contributed by atoms with van der Waals surface area (Å²) < 4.78 is 12.4. The van der Waals surface area contributed by atoms with Crippen molar-refractivity contribution >= 4 is 7.12 Å². The van der Waals surface area contributed by atoms with Crippen molar-refractivity contribution in [1.29, 1.82) is 0 Å². The standard InChI is InChI=1S/C13H23BO2/c1-12(2)13(3,4)16-14(15-12)11-6-5-9-7-10(11)8-9/h9-11H,5-8H2,1-4H3. The van der Waals surface area contributed by atoms with Crippen LogP contribution in [0.3, 0.4) is 0 Å². The van der Waals surface area contributed by atoms with E-state index in [4.69, 9.17) is 9.31 Å². The SMILES string of the molecule is CC1(C)OB(C2CCC3CC2C3)OC1(C)C. The van der Waals surface area contributed by atoms with Gasteiger partial charge in [-0.2, -0.15) is 0 Å². The monoisotopic (exact) mass is 222 g/mol. The summed E-state index contributed by atoms with van der Waals surface area (Å²) in [4.78, 5) is 0. The normalized spacial score (nSPS) is 44.2. The van der Waals surface area contributed by atoms with Crippen molar-refractivity contribution in [2.45, 2.75) is 70.4 Å². The quantitative estimate of drug-likeness (QED) is 0.634. The molecule has 0 N–H and O–H groups in total. The molecule has 4 rings (SSSR count). The minimum atomic E-state index is -0.155. The topological polar surface area (TPSA) is 18.5 Å². The molecule has 0 radical (unpaired) electrons. The summed E-state index contributed by atoms with van der Waals surface area (Å²) in [6.07, 6.45) is 5.56. The fraction of sp³-hybridized carbons (Fsp3) is 1.00. The fourth-order valence-electron chi connectivity index (χ4n) is 3.46. The van der Waals surface area contributed by atoms with E-state index < -0.39 is 0 Å². The van der Waals surface area contributed by atoms with Gasteiger partial charge in [0.15, 0.2) is 0 Å². The number of rotatable bonds is 1. The van der Waals surface area contributed by atoms with Crippen molar-refractivity contribution in [3.05, 3.63) is 0 Å². The van der Waals surface area contributed by atoms with Crippen molar-refractivity contribution in [1.82, 2.24) is 0 Å². The van der Waals surface area contributed by atoms with Crippen LogP contribution in [0, 0.1) is 11.8 Å². The highest BCUT2D eigenvalue weighted by molar-refractivity contribution is 6.47. The Bertz CT molecular complexity index is 276. The largest absolute Gasteiger partial charge is 0.461 e. The second kappa shape index (κ2) is 3.26. The maximum Gasteiger partial charge on any atom is 0.461 e. The predicted octanol–water partition coefficient (Wildman–Crippen LogP) is 3.27. The van der Waals surface area contributed by atoms with Gasteiger partial charge in [-0.1, -0.05) is 12.8 Å². The Labute approximate surface area is 99.2 Å². The van der Waals surface area contributed by atoms with Gasteiger partial charge < -0.3 is 9.31 Å².